The minimum absolute atomic E-state index is 0.0308. The lowest BCUT2D eigenvalue weighted by Crippen LogP contribution is -2.53. The number of benzene rings is 1. The van der Waals surface area contributed by atoms with Gasteiger partial charge in [-0.05, 0) is 31.0 Å². The van der Waals surface area contributed by atoms with Crippen LogP contribution in [0.5, 0.6) is 5.75 Å². The fourth-order valence-corrected chi connectivity index (χ4v) is 3.04. The molecule has 0 atom stereocenters. The fourth-order valence-electron chi connectivity index (χ4n) is 3.04. The average molecular weight is 293 g/mol. The second-order valence-electron chi connectivity index (χ2n) is 5.37. The first-order valence-corrected chi connectivity index (χ1v) is 7.21. The predicted octanol–water partition coefficient (Wildman–Crippen LogP) is 2.09. The second kappa shape index (κ2) is 5.81. The Kier molecular flexibility index (Phi) is 4.27. The Hall–Kier alpha value is -1.95. The predicted molar refractivity (Wildman–Crippen MR) is 78.3 cm³/mol. The first-order chi connectivity index (χ1) is 9.97. The highest BCUT2D eigenvalue weighted by atomic mass is 16.6. The van der Waals surface area contributed by atoms with Gasteiger partial charge in [0, 0.05) is 12.5 Å². The Morgan fingerprint density at radius 2 is 1.95 bits per heavy atom. The molecule has 1 amide bonds. The van der Waals surface area contributed by atoms with Crippen LogP contribution in [0, 0.1) is 10.1 Å². The van der Waals surface area contributed by atoms with E-state index in [1.165, 1.54) is 7.11 Å². The van der Waals surface area contributed by atoms with Gasteiger partial charge in [-0.25, -0.2) is 4.79 Å². The van der Waals surface area contributed by atoms with Crippen molar-refractivity contribution in [1.82, 2.24) is 0 Å². The zero-order chi connectivity index (χ0) is 15.6. The standard InChI is InChI=1S/C15H21N2O4/c1-4-17(5-2)7-6-11-8-13(16(19)20)14(21-3)9-12(11)10-15(17)18/h8-9H,4-7,10H2,1-3H3/q+1. The third-order valence-corrected chi connectivity index (χ3v) is 4.59. The number of carbonyl (C=O) groups is 1. The van der Waals surface area contributed by atoms with Gasteiger partial charge in [0.15, 0.2) is 5.75 Å². The number of hydrogen-bond acceptors (Lipinski definition) is 4. The highest BCUT2D eigenvalue weighted by molar-refractivity contribution is 5.74. The molecule has 0 fully saturated rings. The number of likely N-dealkylation sites (N-methyl/N-ethyl adjacent to an activating group) is 1. The van der Waals surface area contributed by atoms with Crippen LogP contribution in [-0.4, -0.2) is 42.1 Å². The van der Waals surface area contributed by atoms with E-state index in [2.05, 4.69) is 0 Å². The monoisotopic (exact) mass is 293 g/mol. The average Bonchev–Trinajstić information content (AvgIpc) is 2.61. The summed E-state index contributed by atoms with van der Waals surface area (Å²) in [5, 5.41) is 11.1. The smallest absolute Gasteiger partial charge is 0.318 e. The van der Waals surface area contributed by atoms with Crippen molar-refractivity contribution in [3.8, 4) is 5.75 Å². The number of ether oxygens (including phenoxy) is 1. The topological polar surface area (TPSA) is 69.4 Å². The molecule has 0 N–H and O–H groups in total. The first kappa shape index (κ1) is 15.4. The molecule has 0 aliphatic carbocycles. The summed E-state index contributed by atoms with van der Waals surface area (Å²) >= 11 is 0. The molecular formula is C15H21N2O4+. The lowest BCUT2D eigenvalue weighted by atomic mass is 10.0. The molecule has 1 aromatic rings. The molecule has 6 nitrogen and oxygen atoms in total. The Morgan fingerprint density at radius 3 is 2.48 bits per heavy atom. The van der Waals surface area contributed by atoms with E-state index in [-0.39, 0.29) is 17.3 Å². The van der Waals surface area contributed by atoms with Crippen LogP contribution < -0.4 is 4.74 Å². The van der Waals surface area contributed by atoms with E-state index in [0.717, 1.165) is 24.2 Å². The van der Waals surface area contributed by atoms with E-state index in [1.807, 2.05) is 13.8 Å². The van der Waals surface area contributed by atoms with Crippen molar-refractivity contribution in [3.63, 3.8) is 0 Å². The minimum atomic E-state index is -0.437. The molecule has 114 valence electrons. The van der Waals surface area contributed by atoms with Crippen LogP contribution >= 0.6 is 0 Å². The highest BCUT2D eigenvalue weighted by Crippen LogP contribution is 2.33. The number of nitrogens with zero attached hydrogens (tertiary/aromatic N) is 2. The number of rotatable bonds is 4. The maximum absolute atomic E-state index is 12.6. The van der Waals surface area contributed by atoms with Crippen LogP contribution in [0.25, 0.3) is 0 Å². The summed E-state index contributed by atoms with van der Waals surface area (Å²) in [6.45, 7) is 6.23. The molecular weight excluding hydrogens is 272 g/mol. The third-order valence-electron chi connectivity index (χ3n) is 4.59. The van der Waals surface area contributed by atoms with Gasteiger partial charge in [0.05, 0.1) is 38.1 Å². The van der Waals surface area contributed by atoms with E-state index in [1.54, 1.807) is 12.1 Å². The maximum atomic E-state index is 12.6. The van der Waals surface area contributed by atoms with Gasteiger partial charge in [0.25, 0.3) is 0 Å². The van der Waals surface area contributed by atoms with Crippen molar-refractivity contribution in [2.45, 2.75) is 26.7 Å². The summed E-state index contributed by atoms with van der Waals surface area (Å²) in [6.07, 6.45) is 0.985. The van der Waals surface area contributed by atoms with Crippen LogP contribution in [-0.2, 0) is 17.6 Å². The summed E-state index contributed by atoms with van der Waals surface area (Å²) in [5.74, 6) is 0.397. The van der Waals surface area contributed by atoms with E-state index in [9.17, 15) is 14.9 Å². The van der Waals surface area contributed by atoms with E-state index >= 15 is 0 Å². The van der Waals surface area contributed by atoms with Crippen molar-refractivity contribution < 1.29 is 18.9 Å². The zero-order valence-corrected chi connectivity index (χ0v) is 12.7. The van der Waals surface area contributed by atoms with Crippen molar-refractivity contribution in [3.05, 3.63) is 33.4 Å². The van der Waals surface area contributed by atoms with Crippen molar-refractivity contribution in [1.29, 1.82) is 0 Å². The molecule has 0 bridgehead atoms. The van der Waals surface area contributed by atoms with Gasteiger partial charge in [0.2, 0.25) is 0 Å². The van der Waals surface area contributed by atoms with Gasteiger partial charge < -0.3 is 4.74 Å². The van der Waals surface area contributed by atoms with Gasteiger partial charge in [-0.3, -0.25) is 14.6 Å². The van der Waals surface area contributed by atoms with Crippen molar-refractivity contribution in [2.24, 2.45) is 0 Å². The van der Waals surface area contributed by atoms with Crippen LogP contribution in [0.4, 0.5) is 5.69 Å². The number of nitro groups is 1. The first-order valence-electron chi connectivity index (χ1n) is 7.21. The Balaban J connectivity index is 2.48. The lowest BCUT2D eigenvalue weighted by molar-refractivity contribution is -0.850. The van der Waals surface area contributed by atoms with E-state index in [0.29, 0.717) is 23.9 Å². The SMILES string of the molecule is CC[N+]1(CC)CCc2cc([N+](=O)[O-])c(OC)cc2CC1=O. The molecule has 0 saturated carbocycles. The highest BCUT2D eigenvalue weighted by Gasteiger charge is 2.36. The molecule has 1 aliphatic heterocycles. The number of quaternary nitrogens is 1. The molecule has 0 unspecified atom stereocenters. The summed E-state index contributed by atoms with van der Waals surface area (Å²) in [4.78, 5) is 23.3. The molecule has 0 aromatic heterocycles. The zero-order valence-electron chi connectivity index (χ0n) is 12.7. The van der Waals surface area contributed by atoms with Gasteiger partial charge >= 0.3 is 11.6 Å². The molecule has 21 heavy (non-hydrogen) atoms. The Morgan fingerprint density at radius 1 is 1.29 bits per heavy atom. The molecule has 1 aliphatic rings. The van der Waals surface area contributed by atoms with Gasteiger partial charge in [-0.2, -0.15) is 0 Å². The van der Waals surface area contributed by atoms with Gasteiger partial charge in [0.1, 0.15) is 0 Å². The summed E-state index contributed by atoms with van der Waals surface area (Å²) < 4.78 is 5.53. The number of methoxy groups -OCH3 is 1. The van der Waals surface area contributed by atoms with Crippen LogP contribution in [0.2, 0.25) is 0 Å². The molecule has 0 radical (unpaired) electrons. The van der Waals surface area contributed by atoms with Crippen LogP contribution in [0.1, 0.15) is 25.0 Å². The molecule has 0 spiro atoms. The molecule has 0 saturated heterocycles. The lowest BCUT2D eigenvalue weighted by Gasteiger charge is -2.32. The third kappa shape index (κ3) is 2.63. The van der Waals surface area contributed by atoms with E-state index < -0.39 is 4.92 Å². The van der Waals surface area contributed by atoms with Crippen molar-refractivity contribution in [2.75, 3.05) is 26.7 Å². The molecule has 2 rings (SSSR count). The summed E-state index contributed by atoms with van der Waals surface area (Å²) in [6, 6.07) is 3.21. The Bertz CT molecular complexity index is 579. The number of carbonyl (C=O) groups excluding carboxylic acids is 1. The van der Waals surface area contributed by atoms with Gasteiger partial charge in [-0.1, -0.05) is 0 Å². The summed E-state index contributed by atoms with van der Waals surface area (Å²) in [7, 11) is 1.41. The molecule has 1 aromatic carbocycles. The normalized spacial score (nSPS) is 17.0. The quantitative estimate of drug-likeness (QED) is 0.484. The minimum Gasteiger partial charge on any atom is -0.490 e. The number of nitro benzene ring substituents is 1. The fraction of sp³-hybridized carbons (Fsp3) is 0.533. The van der Waals surface area contributed by atoms with Crippen LogP contribution in [0.3, 0.4) is 0 Å². The van der Waals surface area contributed by atoms with Crippen molar-refractivity contribution >= 4 is 11.6 Å². The van der Waals surface area contributed by atoms with Crippen LogP contribution in [0.15, 0.2) is 12.1 Å². The summed E-state index contributed by atoms with van der Waals surface area (Å²) in [5.41, 5.74) is 1.71. The number of hydrogen-bond donors (Lipinski definition) is 0. The maximum Gasteiger partial charge on any atom is 0.318 e. The molecule has 1 heterocycles. The molecule has 6 heteroatoms. The van der Waals surface area contributed by atoms with E-state index in [4.69, 9.17) is 4.74 Å². The largest absolute Gasteiger partial charge is 0.490 e. The number of amides is 1. The van der Waals surface area contributed by atoms with Gasteiger partial charge in [-0.15, -0.1) is 0 Å². The number of fused-ring (bicyclic) bond motifs is 1. The Labute approximate surface area is 124 Å². The second-order valence-corrected chi connectivity index (χ2v) is 5.37.